The first-order chi connectivity index (χ1) is 5.04. The van der Waals surface area contributed by atoms with Crippen LogP contribution in [-0.2, 0) is 4.79 Å². The minimum atomic E-state index is -0.848. The van der Waals surface area contributed by atoms with E-state index in [4.69, 9.17) is 10.2 Å². The van der Waals surface area contributed by atoms with E-state index in [0.29, 0.717) is 12.3 Å². The molecule has 0 aliphatic heterocycles. The standard InChI is InChI=1S/C8H14O3/c1-5(2)6-3-8(6,4-9)7(10)11/h5-6,9H,3-4H2,1-2H3,(H,10,11). The Balaban J connectivity index is 2.64. The van der Waals surface area contributed by atoms with Gasteiger partial charge in [0, 0.05) is 0 Å². The zero-order valence-electron chi connectivity index (χ0n) is 6.87. The molecule has 0 saturated heterocycles. The summed E-state index contributed by atoms with van der Waals surface area (Å²) in [5, 5.41) is 17.6. The molecule has 0 amide bonds. The van der Waals surface area contributed by atoms with E-state index in [1.807, 2.05) is 13.8 Å². The van der Waals surface area contributed by atoms with Crippen LogP contribution in [0, 0.1) is 17.3 Å². The van der Waals surface area contributed by atoms with E-state index in [0.717, 1.165) is 0 Å². The molecule has 2 atom stereocenters. The van der Waals surface area contributed by atoms with E-state index in [1.54, 1.807) is 0 Å². The third kappa shape index (κ3) is 1.13. The number of rotatable bonds is 3. The summed E-state index contributed by atoms with van der Waals surface area (Å²) in [5.74, 6) is -0.318. The lowest BCUT2D eigenvalue weighted by molar-refractivity contribution is -0.145. The van der Waals surface area contributed by atoms with Crippen LogP contribution >= 0.6 is 0 Å². The van der Waals surface area contributed by atoms with Gasteiger partial charge in [-0.1, -0.05) is 13.8 Å². The van der Waals surface area contributed by atoms with Crippen LogP contribution in [0.2, 0.25) is 0 Å². The Morgan fingerprint density at radius 3 is 2.36 bits per heavy atom. The van der Waals surface area contributed by atoms with E-state index >= 15 is 0 Å². The number of carboxylic acids is 1. The number of aliphatic carboxylic acids is 1. The van der Waals surface area contributed by atoms with Crippen LogP contribution in [0.3, 0.4) is 0 Å². The number of hydrogen-bond donors (Lipinski definition) is 2. The largest absolute Gasteiger partial charge is 0.481 e. The molecule has 3 heteroatoms. The van der Waals surface area contributed by atoms with Gasteiger partial charge in [0.1, 0.15) is 0 Å². The average molecular weight is 158 g/mol. The van der Waals surface area contributed by atoms with E-state index in [9.17, 15) is 4.79 Å². The summed E-state index contributed by atoms with van der Waals surface area (Å²) >= 11 is 0. The highest BCUT2D eigenvalue weighted by Crippen LogP contribution is 2.56. The molecule has 0 radical (unpaired) electrons. The van der Waals surface area contributed by atoms with Gasteiger partial charge in [0.15, 0.2) is 0 Å². The normalized spacial score (nSPS) is 35.8. The van der Waals surface area contributed by atoms with Gasteiger partial charge in [-0.25, -0.2) is 0 Å². The van der Waals surface area contributed by atoms with Crippen LogP contribution in [0.1, 0.15) is 20.3 Å². The molecule has 1 aliphatic carbocycles. The molecule has 0 aromatic carbocycles. The average Bonchev–Trinajstić information content (AvgIpc) is 2.62. The third-order valence-corrected chi connectivity index (χ3v) is 2.65. The van der Waals surface area contributed by atoms with E-state index in [-0.39, 0.29) is 12.5 Å². The number of aliphatic hydroxyl groups excluding tert-OH is 1. The Morgan fingerprint density at radius 2 is 2.27 bits per heavy atom. The monoisotopic (exact) mass is 158 g/mol. The smallest absolute Gasteiger partial charge is 0.312 e. The van der Waals surface area contributed by atoms with E-state index in [1.165, 1.54) is 0 Å². The molecule has 0 heterocycles. The van der Waals surface area contributed by atoms with Crippen molar-refractivity contribution in [3.05, 3.63) is 0 Å². The molecular weight excluding hydrogens is 144 g/mol. The predicted molar refractivity (Wildman–Crippen MR) is 40.1 cm³/mol. The first kappa shape index (κ1) is 8.53. The van der Waals surface area contributed by atoms with Gasteiger partial charge in [-0.05, 0) is 18.3 Å². The van der Waals surface area contributed by atoms with Crippen molar-refractivity contribution in [1.82, 2.24) is 0 Å². The van der Waals surface area contributed by atoms with Gasteiger partial charge < -0.3 is 10.2 Å². The number of carboxylic acid groups (broad SMARTS) is 1. The van der Waals surface area contributed by atoms with Crippen LogP contribution in [-0.4, -0.2) is 22.8 Å². The minimum Gasteiger partial charge on any atom is -0.481 e. The van der Waals surface area contributed by atoms with Crippen molar-refractivity contribution in [2.75, 3.05) is 6.61 Å². The highest BCUT2D eigenvalue weighted by molar-refractivity contribution is 5.78. The second kappa shape index (κ2) is 2.48. The van der Waals surface area contributed by atoms with Gasteiger partial charge in [-0.3, -0.25) is 4.79 Å². The van der Waals surface area contributed by atoms with Gasteiger partial charge in [0.2, 0.25) is 0 Å². The van der Waals surface area contributed by atoms with Crippen molar-refractivity contribution in [3.8, 4) is 0 Å². The summed E-state index contributed by atoms with van der Waals surface area (Å²) in [6.07, 6.45) is 0.635. The quantitative estimate of drug-likeness (QED) is 0.636. The molecule has 3 nitrogen and oxygen atoms in total. The van der Waals surface area contributed by atoms with Crippen molar-refractivity contribution >= 4 is 5.97 Å². The summed E-state index contributed by atoms with van der Waals surface area (Å²) in [4.78, 5) is 10.7. The fourth-order valence-corrected chi connectivity index (χ4v) is 1.70. The van der Waals surface area contributed by atoms with Crippen LogP contribution in [0.25, 0.3) is 0 Å². The van der Waals surface area contributed by atoms with Crippen molar-refractivity contribution < 1.29 is 15.0 Å². The van der Waals surface area contributed by atoms with Crippen molar-refractivity contribution in [2.45, 2.75) is 20.3 Å². The maximum absolute atomic E-state index is 10.7. The van der Waals surface area contributed by atoms with Gasteiger partial charge in [0.05, 0.1) is 12.0 Å². The molecular formula is C8H14O3. The van der Waals surface area contributed by atoms with Crippen LogP contribution in [0.15, 0.2) is 0 Å². The molecule has 0 aromatic heterocycles. The first-order valence-electron chi connectivity index (χ1n) is 3.89. The summed E-state index contributed by atoms with van der Waals surface area (Å²) in [7, 11) is 0. The fraction of sp³-hybridized carbons (Fsp3) is 0.875. The summed E-state index contributed by atoms with van der Waals surface area (Å²) in [6.45, 7) is 3.77. The molecule has 1 saturated carbocycles. The Labute approximate surface area is 66.0 Å². The van der Waals surface area contributed by atoms with Crippen LogP contribution in [0.5, 0.6) is 0 Å². The second-order valence-corrected chi connectivity index (χ2v) is 3.67. The highest BCUT2D eigenvalue weighted by Gasteiger charge is 2.60. The second-order valence-electron chi connectivity index (χ2n) is 3.67. The van der Waals surface area contributed by atoms with E-state index in [2.05, 4.69) is 0 Å². The lowest BCUT2D eigenvalue weighted by Crippen LogP contribution is -2.23. The number of hydrogen-bond acceptors (Lipinski definition) is 2. The molecule has 11 heavy (non-hydrogen) atoms. The lowest BCUT2D eigenvalue weighted by atomic mass is 9.98. The van der Waals surface area contributed by atoms with Crippen LogP contribution in [0.4, 0.5) is 0 Å². The Morgan fingerprint density at radius 1 is 1.73 bits per heavy atom. The van der Waals surface area contributed by atoms with Gasteiger partial charge in [0.25, 0.3) is 0 Å². The molecule has 1 aliphatic rings. The van der Waals surface area contributed by atoms with Crippen molar-refractivity contribution in [2.24, 2.45) is 17.3 Å². The zero-order valence-corrected chi connectivity index (χ0v) is 6.87. The van der Waals surface area contributed by atoms with E-state index < -0.39 is 11.4 Å². The summed E-state index contributed by atoms with van der Waals surface area (Å²) in [6, 6.07) is 0. The molecule has 2 unspecified atom stereocenters. The molecule has 0 aromatic rings. The SMILES string of the molecule is CC(C)C1CC1(CO)C(=O)O. The van der Waals surface area contributed by atoms with Crippen LogP contribution < -0.4 is 0 Å². The zero-order chi connectivity index (χ0) is 8.65. The fourth-order valence-electron chi connectivity index (χ4n) is 1.70. The predicted octanol–water partition coefficient (Wildman–Crippen LogP) is 0.726. The molecule has 1 fully saturated rings. The maximum Gasteiger partial charge on any atom is 0.312 e. The van der Waals surface area contributed by atoms with Gasteiger partial charge >= 0.3 is 5.97 Å². The Hall–Kier alpha value is -0.570. The summed E-state index contributed by atoms with van der Waals surface area (Å²) < 4.78 is 0. The topological polar surface area (TPSA) is 57.5 Å². The van der Waals surface area contributed by atoms with Gasteiger partial charge in [-0.15, -0.1) is 0 Å². The molecule has 1 rings (SSSR count). The minimum absolute atomic E-state index is 0.171. The Kier molecular flexibility index (Phi) is 1.92. The molecule has 0 bridgehead atoms. The third-order valence-electron chi connectivity index (χ3n) is 2.65. The molecule has 2 N–H and O–H groups in total. The molecule has 64 valence electrons. The number of aliphatic hydroxyl groups is 1. The molecule has 0 spiro atoms. The highest BCUT2D eigenvalue weighted by atomic mass is 16.4. The summed E-state index contributed by atoms with van der Waals surface area (Å²) in [5.41, 5.74) is -0.797. The Bertz CT molecular complexity index is 176. The lowest BCUT2D eigenvalue weighted by Gasteiger charge is -2.09. The number of carbonyl (C=O) groups is 1. The first-order valence-corrected chi connectivity index (χ1v) is 3.89. The van der Waals surface area contributed by atoms with Gasteiger partial charge in [-0.2, -0.15) is 0 Å². The van der Waals surface area contributed by atoms with Crippen molar-refractivity contribution in [1.29, 1.82) is 0 Å². The van der Waals surface area contributed by atoms with Crippen molar-refractivity contribution in [3.63, 3.8) is 0 Å². The maximum atomic E-state index is 10.7.